The minimum absolute atomic E-state index is 0.204. The Bertz CT molecular complexity index is 189. The van der Waals surface area contributed by atoms with Crippen molar-refractivity contribution in [1.82, 2.24) is 0 Å². The number of hydrogen-bond donors (Lipinski definition) is 0. The molecule has 0 radical (unpaired) electrons. The molecule has 1 aliphatic rings. The highest BCUT2D eigenvalue weighted by Gasteiger charge is 2.35. The normalized spacial score (nSPS) is 25.3. The number of esters is 1. The molecule has 3 nitrogen and oxygen atoms in total. The zero-order valence-corrected chi connectivity index (χ0v) is 7.99. The van der Waals surface area contributed by atoms with Gasteiger partial charge in [-0.3, -0.25) is 4.79 Å². The molecule has 1 rings (SSSR count). The number of carbonyl (C=O) groups is 2. The van der Waals surface area contributed by atoms with E-state index in [1.165, 1.54) is 13.3 Å². The lowest BCUT2D eigenvalue weighted by atomic mass is 10.2. The fourth-order valence-electron chi connectivity index (χ4n) is 1.65. The van der Waals surface area contributed by atoms with E-state index in [-0.39, 0.29) is 5.97 Å². The number of ether oxygens (including phenoxy) is 1. The van der Waals surface area contributed by atoms with Gasteiger partial charge in [0.05, 0.1) is 6.61 Å². The SMILES string of the molecule is CC(=O)OCC[C@@H]1C[C@@H]1CCC=O. The van der Waals surface area contributed by atoms with E-state index >= 15 is 0 Å². The van der Waals surface area contributed by atoms with Crippen LogP contribution in [0, 0.1) is 11.8 Å². The summed E-state index contributed by atoms with van der Waals surface area (Å²) in [6.45, 7) is 1.97. The Balaban J connectivity index is 1.94. The Morgan fingerprint density at radius 2 is 2.15 bits per heavy atom. The third-order valence-electron chi connectivity index (χ3n) is 2.52. The van der Waals surface area contributed by atoms with Gasteiger partial charge in [0.15, 0.2) is 0 Å². The van der Waals surface area contributed by atoms with E-state index in [4.69, 9.17) is 4.74 Å². The summed E-state index contributed by atoms with van der Waals surface area (Å²) >= 11 is 0. The molecule has 0 saturated heterocycles. The number of carbonyl (C=O) groups excluding carboxylic acids is 2. The van der Waals surface area contributed by atoms with Gasteiger partial charge in [-0.15, -0.1) is 0 Å². The molecule has 0 bridgehead atoms. The van der Waals surface area contributed by atoms with Crippen LogP contribution < -0.4 is 0 Å². The first-order valence-corrected chi connectivity index (χ1v) is 4.81. The molecule has 1 saturated carbocycles. The number of hydrogen-bond acceptors (Lipinski definition) is 3. The second kappa shape index (κ2) is 5.00. The second-order valence-electron chi connectivity index (χ2n) is 3.63. The van der Waals surface area contributed by atoms with E-state index in [2.05, 4.69) is 0 Å². The molecule has 3 heteroatoms. The van der Waals surface area contributed by atoms with Crippen molar-refractivity contribution >= 4 is 12.3 Å². The van der Waals surface area contributed by atoms with Crippen molar-refractivity contribution in [3.05, 3.63) is 0 Å². The maximum Gasteiger partial charge on any atom is 0.302 e. The van der Waals surface area contributed by atoms with Crippen molar-refractivity contribution in [2.75, 3.05) is 6.61 Å². The van der Waals surface area contributed by atoms with Crippen molar-refractivity contribution in [2.24, 2.45) is 11.8 Å². The van der Waals surface area contributed by atoms with Crippen LogP contribution in [0.3, 0.4) is 0 Å². The molecule has 0 spiro atoms. The van der Waals surface area contributed by atoms with Gasteiger partial charge in [0, 0.05) is 13.3 Å². The molecule has 1 aliphatic carbocycles. The average molecular weight is 184 g/mol. The lowest BCUT2D eigenvalue weighted by Crippen LogP contribution is -2.01. The zero-order chi connectivity index (χ0) is 9.68. The first-order valence-electron chi connectivity index (χ1n) is 4.81. The molecular formula is C10H16O3. The molecule has 0 aliphatic heterocycles. The second-order valence-corrected chi connectivity index (χ2v) is 3.63. The maximum absolute atomic E-state index is 10.4. The molecule has 0 aromatic heterocycles. The van der Waals surface area contributed by atoms with Gasteiger partial charge in [0.25, 0.3) is 0 Å². The van der Waals surface area contributed by atoms with Crippen molar-refractivity contribution in [2.45, 2.75) is 32.6 Å². The Hall–Kier alpha value is -0.860. The van der Waals surface area contributed by atoms with E-state index in [1.807, 2.05) is 0 Å². The summed E-state index contributed by atoms with van der Waals surface area (Å²) in [5.41, 5.74) is 0. The van der Waals surface area contributed by atoms with E-state index in [9.17, 15) is 9.59 Å². The van der Waals surface area contributed by atoms with Gasteiger partial charge in [-0.05, 0) is 31.1 Å². The molecule has 0 heterocycles. The molecule has 0 unspecified atom stereocenters. The number of rotatable bonds is 6. The highest BCUT2D eigenvalue weighted by molar-refractivity contribution is 5.65. The summed E-state index contributed by atoms with van der Waals surface area (Å²) in [5, 5.41) is 0. The Morgan fingerprint density at radius 1 is 1.46 bits per heavy atom. The Labute approximate surface area is 78.5 Å². The smallest absolute Gasteiger partial charge is 0.302 e. The first kappa shape index (κ1) is 10.2. The van der Waals surface area contributed by atoms with Crippen LogP contribution in [0.15, 0.2) is 0 Å². The zero-order valence-electron chi connectivity index (χ0n) is 7.99. The Morgan fingerprint density at radius 3 is 2.77 bits per heavy atom. The molecule has 13 heavy (non-hydrogen) atoms. The average Bonchev–Trinajstić information content (AvgIpc) is 2.80. The molecule has 0 aromatic rings. The molecule has 2 atom stereocenters. The molecular weight excluding hydrogens is 168 g/mol. The van der Waals surface area contributed by atoms with Gasteiger partial charge in [-0.25, -0.2) is 0 Å². The van der Waals surface area contributed by atoms with Crippen molar-refractivity contribution in [3.63, 3.8) is 0 Å². The van der Waals surface area contributed by atoms with Gasteiger partial charge < -0.3 is 9.53 Å². The third kappa shape index (κ3) is 4.06. The molecule has 1 fully saturated rings. The summed E-state index contributed by atoms with van der Waals surface area (Å²) in [6, 6.07) is 0. The quantitative estimate of drug-likeness (QED) is 0.464. The predicted molar refractivity (Wildman–Crippen MR) is 48.1 cm³/mol. The molecule has 0 N–H and O–H groups in total. The van der Waals surface area contributed by atoms with Gasteiger partial charge in [0.1, 0.15) is 6.29 Å². The fourth-order valence-corrected chi connectivity index (χ4v) is 1.65. The molecule has 0 amide bonds. The van der Waals surface area contributed by atoms with Crippen LogP contribution in [0.4, 0.5) is 0 Å². The summed E-state index contributed by atoms with van der Waals surface area (Å²) in [7, 11) is 0. The van der Waals surface area contributed by atoms with Crippen LogP contribution in [0.2, 0.25) is 0 Å². The van der Waals surface area contributed by atoms with Crippen LogP contribution in [-0.2, 0) is 14.3 Å². The standard InChI is InChI=1S/C10H16O3/c1-8(12)13-6-4-10-7-9(10)3-2-5-11/h5,9-10H,2-4,6-7H2,1H3/t9-,10+/m0/s1. The van der Waals surface area contributed by atoms with Crippen molar-refractivity contribution < 1.29 is 14.3 Å². The van der Waals surface area contributed by atoms with Gasteiger partial charge in [-0.2, -0.15) is 0 Å². The van der Waals surface area contributed by atoms with Crippen LogP contribution in [-0.4, -0.2) is 18.9 Å². The van der Waals surface area contributed by atoms with E-state index in [1.54, 1.807) is 0 Å². The van der Waals surface area contributed by atoms with Crippen molar-refractivity contribution in [1.29, 1.82) is 0 Å². The van der Waals surface area contributed by atoms with Gasteiger partial charge in [-0.1, -0.05) is 0 Å². The molecule has 74 valence electrons. The molecule has 0 aromatic carbocycles. The number of aldehydes is 1. The van der Waals surface area contributed by atoms with Crippen molar-refractivity contribution in [3.8, 4) is 0 Å². The maximum atomic E-state index is 10.4. The summed E-state index contributed by atoms with van der Waals surface area (Å²) in [6.07, 6.45) is 4.82. The largest absolute Gasteiger partial charge is 0.466 e. The predicted octanol–water partition coefficient (Wildman–Crippen LogP) is 1.55. The van der Waals surface area contributed by atoms with Gasteiger partial charge in [0.2, 0.25) is 0 Å². The lowest BCUT2D eigenvalue weighted by molar-refractivity contribution is -0.141. The van der Waals surface area contributed by atoms with E-state index in [0.717, 1.165) is 19.1 Å². The summed E-state index contributed by atoms with van der Waals surface area (Å²) in [4.78, 5) is 20.5. The van der Waals surface area contributed by atoms with Crippen LogP contribution >= 0.6 is 0 Å². The minimum Gasteiger partial charge on any atom is -0.466 e. The first-order chi connectivity index (χ1) is 6.24. The van der Waals surface area contributed by atoms with Crippen LogP contribution in [0.1, 0.15) is 32.6 Å². The van der Waals surface area contributed by atoms with E-state index < -0.39 is 0 Å². The monoisotopic (exact) mass is 184 g/mol. The van der Waals surface area contributed by atoms with E-state index in [0.29, 0.717) is 24.9 Å². The minimum atomic E-state index is -0.204. The highest BCUT2D eigenvalue weighted by Crippen LogP contribution is 2.44. The fraction of sp³-hybridized carbons (Fsp3) is 0.800. The third-order valence-corrected chi connectivity index (χ3v) is 2.52. The van der Waals surface area contributed by atoms with Crippen LogP contribution in [0.5, 0.6) is 0 Å². The lowest BCUT2D eigenvalue weighted by Gasteiger charge is -2.00. The van der Waals surface area contributed by atoms with Gasteiger partial charge >= 0.3 is 5.97 Å². The summed E-state index contributed by atoms with van der Waals surface area (Å²) < 4.78 is 4.84. The topological polar surface area (TPSA) is 43.4 Å². The summed E-state index contributed by atoms with van der Waals surface area (Å²) in [5.74, 6) is 1.20. The van der Waals surface area contributed by atoms with Crippen LogP contribution in [0.25, 0.3) is 0 Å². The Kier molecular flexibility index (Phi) is 3.93. The highest BCUT2D eigenvalue weighted by atomic mass is 16.5.